The molecule has 16 heavy (non-hydrogen) atoms. The molecule has 2 rings (SSSR count). The number of rotatable bonds is 3. The van der Waals surface area contributed by atoms with Gasteiger partial charge in [0.05, 0.1) is 7.11 Å². The van der Waals surface area contributed by atoms with Crippen LogP contribution >= 0.6 is 22.6 Å². The summed E-state index contributed by atoms with van der Waals surface area (Å²) in [7, 11) is 1.44. The summed E-state index contributed by atoms with van der Waals surface area (Å²) < 4.78 is 5.98. The van der Waals surface area contributed by atoms with Crippen LogP contribution in [0.1, 0.15) is 18.5 Å². The number of ether oxygens (including phenoxy) is 1. The summed E-state index contributed by atoms with van der Waals surface area (Å²) in [5.41, 5.74) is 1.27. The van der Waals surface area contributed by atoms with Gasteiger partial charge < -0.3 is 4.74 Å². The molecule has 0 aromatic heterocycles. The third kappa shape index (κ3) is 2.22. The van der Waals surface area contributed by atoms with E-state index in [4.69, 9.17) is 4.74 Å². The van der Waals surface area contributed by atoms with Crippen LogP contribution in [0.25, 0.3) is 0 Å². The Morgan fingerprint density at radius 2 is 2.25 bits per heavy atom. The number of benzene rings is 1. The van der Waals surface area contributed by atoms with Crippen molar-refractivity contribution >= 4 is 28.6 Å². The number of esters is 1. The zero-order chi connectivity index (χ0) is 11.7. The molecule has 0 amide bonds. The normalized spacial score (nSPS) is 24.9. The average molecular weight is 331 g/mol. The average Bonchev–Trinajstić information content (AvgIpc) is 3.08. The van der Waals surface area contributed by atoms with E-state index in [1.165, 1.54) is 16.2 Å². The maximum atomic E-state index is 11.3. The number of hydrogen-bond acceptors (Lipinski definition) is 3. The summed E-state index contributed by atoms with van der Waals surface area (Å²) in [4.78, 5) is 13.5. The number of nitrogens with zero attached hydrogens (tertiary/aromatic N) is 1. The van der Waals surface area contributed by atoms with Gasteiger partial charge in [0, 0.05) is 16.2 Å². The van der Waals surface area contributed by atoms with E-state index >= 15 is 0 Å². The Morgan fingerprint density at radius 3 is 2.88 bits per heavy atom. The minimum atomic E-state index is -0.127. The quantitative estimate of drug-likeness (QED) is 0.483. The second-order valence-corrected chi connectivity index (χ2v) is 5.10. The van der Waals surface area contributed by atoms with Gasteiger partial charge >= 0.3 is 5.97 Å². The molecule has 0 spiro atoms. The van der Waals surface area contributed by atoms with Crippen LogP contribution in [0.2, 0.25) is 0 Å². The van der Waals surface area contributed by atoms with Crippen LogP contribution in [0.5, 0.6) is 0 Å². The molecule has 1 heterocycles. The molecule has 0 aliphatic carbocycles. The van der Waals surface area contributed by atoms with E-state index in [-0.39, 0.29) is 18.1 Å². The number of halogens is 1. The summed E-state index contributed by atoms with van der Waals surface area (Å²) in [5, 5.41) is 0. The lowest BCUT2D eigenvalue weighted by atomic mass is 10.1. The summed E-state index contributed by atoms with van der Waals surface area (Å²) in [6.45, 7) is 2.93. The molecule has 1 fully saturated rings. The fraction of sp³-hybridized carbons (Fsp3) is 0.417. The summed E-state index contributed by atoms with van der Waals surface area (Å²) >= 11 is 2.33. The molecule has 1 aliphatic heterocycles. The number of methoxy groups -OCH3 is 1. The predicted octanol–water partition coefficient (Wildman–Crippen LogP) is 2.21. The van der Waals surface area contributed by atoms with Crippen molar-refractivity contribution in [1.29, 1.82) is 0 Å². The fourth-order valence-electron chi connectivity index (χ4n) is 1.92. The Morgan fingerprint density at radius 1 is 1.56 bits per heavy atom. The monoisotopic (exact) mass is 331 g/mol. The largest absolute Gasteiger partial charge is 0.468 e. The van der Waals surface area contributed by atoms with Gasteiger partial charge in [-0.2, -0.15) is 0 Å². The molecule has 3 atom stereocenters. The molecule has 1 aromatic rings. The van der Waals surface area contributed by atoms with Crippen molar-refractivity contribution in [2.45, 2.75) is 19.0 Å². The second-order valence-electron chi connectivity index (χ2n) is 3.93. The van der Waals surface area contributed by atoms with Gasteiger partial charge in [0.1, 0.15) is 6.04 Å². The maximum absolute atomic E-state index is 11.3. The van der Waals surface area contributed by atoms with Gasteiger partial charge in [-0.3, -0.25) is 9.69 Å². The molecule has 0 bridgehead atoms. The van der Waals surface area contributed by atoms with Gasteiger partial charge in [0.15, 0.2) is 0 Å². The van der Waals surface area contributed by atoms with Gasteiger partial charge in [0.2, 0.25) is 0 Å². The Balaban J connectivity index is 2.08. The van der Waals surface area contributed by atoms with Crippen molar-refractivity contribution in [3.8, 4) is 0 Å². The van der Waals surface area contributed by atoms with Gasteiger partial charge in [-0.25, -0.2) is 0 Å². The highest BCUT2D eigenvalue weighted by molar-refractivity contribution is 14.1. The van der Waals surface area contributed by atoms with E-state index in [1.54, 1.807) is 0 Å². The lowest BCUT2D eigenvalue weighted by Gasteiger charge is -2.15. The predicted molar refractivity (Wildman–Crippen MR) is 70.1 cm³/mol. The Labute approximate surface area is 109 Å². The lowest BCUT2D eigenvalue weighted by molar-refractivity contribution is -0.141. The van der Waals surface area contributed by atoms with Gasteiger partial charge in [0.25, 0.3) is 0 Å². The molecule has 1 aromatic carbocycles. The van der Waals surface area contributed by atoms with Gasteiger partial charge in [-0.1, -0.05) is 18.2 Å². The van der Waals surface area contributed by atoms with E-state index in [0.29, 0.717) is 0 Å². The zero-order valence-electron chi connectivity index (χ0n) is 9.31. The standard InChI is InChI=1S/C12H14INO2/c1-8(9-5-3-4-6-10(9)13)14-7-11(14)12(15)16-2/h3-6,8,11H,7H2,1-2H3/t8-,11?,14?/m0/s1. The first-order valence-corrected chi connectivity index (χ1v) is 6.31. The first kappa shape index (κ1) is 11.9. The third-order valence-electron chi connectivity index (χ3n) is 2.98. The molecule has 0 saturated carbocycles. The molecule has 1 saturated heterocycles. The van der Waals surface area contributed by atoms with Crippen LogP contribution in [-0.2, 0) is 9.53 Å². The van der Waals surface area contributed by atoms with Crippen molar-refractivity contribution in [2.75, 3.05) is 13.7 Å². The van der Waals surface area contributed by atoms with Crippen LogP contribution in [0.15, 0.2) is 24.3 Å². The van der Waals surface area contributed by atoms with Crippen molar-refractivity contribution in [1.82, 2.24) is 4.90 Å². The maximum Gasteiger partial charge on any atom is 0.324 e. The van der Waals surface area contributed by atoms with Crippen molar-refractivity contribution < 1.29 is 9.53 Å². The zero-order valence-corrected chi connectivity index (χ0v) is 11.5. The first-order valence-electron chi connectivity index (χ1n) is 5.23. The first-order chi connectivity index (χ1) is 7.65. The Kier molecular flexibility index (Phi) is 3.49. The Bertz CT molecular complexity index is 408. The summed E-state index contributed by atoms with van der Waals surface area (Å²) in [5.74, 6) is -0.127. The molecule has 4 heteroatoms. The summed E-state index contributed by atoms with van der Waals surface area (Å²) in [6.07, 6.45) is 0. The van der Waals surface area contributed by atoms with E-state index in [1.807, 2.05) is 12.1 Å². The molecule has 3 nitrogen and oxygen atoms in total. The number of carbonyl (C=O) groups is 1. The van der Waals surface area contributed by atoms with Crippen molar-refractivity contribution in [2.24, 2.45) is 0 Å². The van der Waals surface area contributed by atoms with Gasteiger partial charge in [-0.15, -0.1) is 0 Å². The van der Waals surface area contributed by atoms with Crippen molar-refractivity contribution in [3.05, 3.63) is 33.4 Å². The Hall–Kier alpha value is -0.620. The number of hydrogen-bond donors (Lipinski definition) is 0. The van der Waals surface area contributed by atoms with E-state index in [2.05, 4.69) is 46.5 Å². The van der Waals surface area contributed by atoms with Crippen LogP contribution in [-0.4, -0.2) is 30.6 Å². The van der Waals surface area contributed by atoms with E-state index in [9.17, 15) is 4.79 Å². The topological polar surface area (TPSA) is 29.3 Å². The van der Waals surface area contributed by atoms with Crippen LogP contribution in [0.4, 0.5) is 0 Å². The second kappa shape index (κ2) is 4.71. The lowest BCUT2D eigenvalue weighted by Crippen LogP contribution is -2.17. The SMILES string of the molecule is COC(=O)C1CN1[C@@H](C)c1ccccc1I. The third-order valence-corrected chi connectivity index (χ3v) is 3.96. The fourth-order valence-corrected chi connectivity index (χ4v) is 2.76. The molecule has 2 unspecified atom stereocenters. The highest BCUT2D eigenvalue weighted by atomic mass is 127. The van der Waals surface area contributed by atoms with E-state index in [0.717, 1.165) is 6.54 Å². The van der Waals surface area contributed by atoms with Crippen LogP contribution in [0.3, 0.4) is 0 Å². The minimum absolute atomic E-state index is 0.0454. The molecule has 1 aliphatic rings. The van der Waals surface area contributed by atoms with Gasteiger partial charge in [-0.05, 0) is 41.1 Å². The van der Waals surface area contributed by atoms with Crippen molar-refractivity contribution in [3.63, 3.8) is 0 Å². The number of carbonyl (C=O) groups excluding carboxylic acids is 1. The van der Waals surface area contributed by atoms with Crippen LogP contribution < -0.4 is 0 Å². The highest BCUT2D eigenvalue weighted by Gasteiger charge is 2.44. The van der Waals surface area contributed by atoms with Crippen LogP contribution in [0, 0.1) is 3.57 Å². The molecule has 0 radical (unpaired) electrons. The highest BCUT2D eigenvalue weighted by Crippen LogP contribution is 2.34. The van der Waals surface area contributed by atoms with E-state index < -0.39 is 0 Å². The molecule has 0 N–H and O–H groups in total. The molecular weight excluding hydrogens is 317 g/mol. The summed E-state index contributed by atoms with van der Waals surface area (Å²) in [6, 6.07) is 8.48. The minimum Gasteiger partial charge on any atom is -0.468 e. The molecule has 86 valence electrons. The molecular formula is C12H14INO2. The smallest absolute Gasteiger partial charge is 0.324 e.